The van der Waals surface area contributed by atoms with E-state index in [2.05, 4.69) is 5.32 Å². The van der Waals surface area contributed by atoms with Gasteiger partial charge in [0, 0.05) is 12.2 Å². The number of ether oxygens (including phenoxy) is 1. The van der Waals surface area contributed by atoms with Crippen molar-refractivity contribution in [1.29, 1.82) is 0 Å². The average Bonchev–Trinajstić information content (AvgIpc) is 3.70. The molecule has 0 unspecified atom stereocenters. The molecule has 3 aromatic rings. The van der Waals surface area contributed by atoms with E-state index in [4.69, 9.17) is 4.74 Å². The van der Waals surface area contributed by atoms with Gasteiger partial charge in [-0.25, -0.2) is 8.42 Å². The zero-order valence-electron chi connectivity index (χ0n) is 20.2. The van der Waals surface area contributed by atoms with E-state index in [9.17, 15) is 18.0 Å². The lowest BCUT2D eigenvalue weighted by atomic mass is 9.96. The van der Waals surface area contributed by atoms with E-state index < -0.39 is 21.3 Å². The molecule has 1 amide bonds. The van der Waals surface area contributed by atoms with E-state index in [1.54, 1.807) is 37.3 Å². The quantitative estimate of drug-likeness (QED) is 0.395. The number of esters is 1. The van der Waals surface area contributed by atoms with Gasteiger partial charge in [-0.1, -0.05) is 60.7 Å². The zero-order valence-corrected chi connectivity index (χ0v) is 21.0. The van der Waals surface area contributed by atoms with Gasteiger partial charge >= 0.3 is 5.97 Å². The number of carbonyl (C=O) groups excluding carboxylic acids is 2. The first-order valence-electron chi connectivity index (χ1n) is 12.0. The minimum atomic E-state index is -3.87. The molecule has 7 nitrogen and oxygen atoms in total. The van der Waals surface area contributed by atoms with Crippen molar-refractivity contribution >= 4 is 27.6 Å². The van der Waals surface area contributed by atoms with Crippen LogP contribution in [0.4, 0.5) is 5.69 Å². The smallest absolute Gasteiger partial charge is 0.316 e. The molecule has 1 saturated carbocycles. The van der Waals surface area contributed by atoms with E-state index in [0.717, 1.165) is 24.0 Å². The highest BCUT2D eigenvalue weighted by atomic mass is 32.2. The molecule has 0 radical (unpaired) electrons. The first-order valence-corrected chi connectivity index (χ1v) is 13.5. The third kappa shape index (κ3) is 5.83. The average molecular weight is 507 g/mol. The van der Waals surface area contributed by atoms with Gasteiger partial charge in [0.2, 0.25) is 15.9 Å². The number of hydrogen-bond donors (Lipinski definition) is 1. The van der Waals surface area contributed by atoms with E-state index in [1.165, 1.54) is 16.4 Å². The number of nitrogens with one attached hydrogen (secondary N) is 1. The molecule has 0 saturated heterocycles. The minimum Gasteiger partial charge on any atom is -0.465 e. The monoisotopic (exact) mass is 506 g/mol. The van der Waals surface area contributed by atoms with E-state index in [-0.39, 0.29) is 24.0 Å². The van der Waals surface area contributed by atoms with E-state index in [1.807, 2.05) is 42.5 Å². The van der Waals surface area contributed by atoms with E-state index >= 15 is 0 Å². The zero-order chi connectivity index (χ0) is 25.6. The van der Waals surface area contributed by atoms with Crippen molar-refractivity contribution in [3.8, 4) is 0 Å². The second-order valence-corrected chi connectivity index (χ2v) is 10.8. The summed E-state index contributed by atoms with van der Waals surface area (Å²) >= 11 is 0. The van der Waals surface area contributed by atoms with Crippen LogP contribution in [0.3, 0.4) is 0 Å². The molecule has 1 aliphatic carbocycles. The van der Waals surface area contributed by atoms with Gasteiger partial charge in [0.25, 0.3) is 0 Å². The standard InChI is InChI=1S/C28H30N2O5S/c1-2-35-27(32)28(18-19-28)23-13-15-24(16-14-23)29-26(31)21-30(20-17-22-9-5-3-6-10-22)36(33,34)25-11-7-4-8-12-25/h3-16H,2,17-21H2,1H3,(H,29,31). The summed E-state index contributed by atoms with van der Waals surface area (Å²) in [6.45, 7) is 1.96. The van der Waals surface area contributed by atoms with Crippen molar-refractivity contribution in [2.75, 3.05) is 25.0 Å². The maximum atomic E-state index is 13.3. The summed E-state index contributed by atoms with van der Waals surface area (Å²) in [5.41, 5.74) is 1.78. The van der Waals surface area contributed by atoms with Crippen molar-refractivity contribution in [3.63, 3.8) is 0 Å². The fourth-order valence-corrected chi connectivity index (χ4v) is 5.58. The molecule has 0 aliphatic heterocycles. The molecule has 0 atom stereocenters. The highest BCUT2D eigenvalue weighted by Crippen LogP contribution is 2.49. The molecule has 188 valence electrons. The van der Waals surface area contributed by atoms with Crippen molar-refractivity contribution in [2.24, 2.45) is 0 Å². The summed E-state index contributed by atoms with van der Waals surface area (Å²) < 4.78 is 33.1. The van der Waals surface area contributed by atoms with Crippen LogP contribution in [0.25, 0.3) is 0 Å². The SMILES string of the molecule is CCOC(=O)C1(c2ccc(NC(=O)CN(CCc3ccccc3)S(=O)(=O)c3ccccc3)cc2)CC1. The van der Waals surface area contributed by atoms with Gasteiger partial charge in [-0.3, -0.25) is 9.59 Å². The molecule has 36 heavy (non-hydrogen) atoms. The lowest BCUT2D eigenvalue weighted by Crippen LogP contribution is -2.39. The number of hydrogen-bond acceptors (Lipinski definition) is 5. The molecule has 0 aromatic heterocycles. The Bertz CT molecular complexity index is 1290. The second kappa shape index (κ2) is 11.1. The largest absolute Gasteiger partial charge is 0.465 e. The predicted octanol–water partition coefficient (Wildman–Crippen LogP) is 4.15. The van der Waals surface area contributed by atoms with Gasteiger partial charge in [0.1, 0.15) is 0 Å². The highest BCUT2D eigenvalue weighted by molar-refractivity contribution is 7.89. The van der Waals surface area contributed by atoms with Gasteiger partial charge < -0.3 is 10.1 Å². The molecule has 1 aliphatic rings. The third-order valence-corrected chi connectivity index (χ3v) is 8.19. The molecular weight excluding hydrogens is 476 g/mol. The molecule has 0 spiro atoms. The van der Waals surface area contributed by atoms with Crippen LogP contribution in [0.5, 0.6) is 0 Å². The first kappa shape index (κ1) is 25.6. The fourth-order valence-electron chi connectivity index (χ4n) is 4.16. The van der Waals surface area contributed by atoms with Gasteiger partial charge in [-0.2, -0.15) is 4.31 Å². The van der Waals surface area contributed by atoms with Gasteiger partial charge in [-0.05, 0) is 61.6 Å². The highest BCUT2D eigenvalue weighted by Gasteiger charge is 2.52. The Labute approximate surface area is 212 Å². The fraction of sp³-hybridized carbons (Fsp3) is 0.286. The summed E-state index contributed by atoms with van der Waals surface area (Å²) in [5, 5.41) is 2.79. The Morgan fingerprint density at radius 2 is 1.53 bits per heavy atom. The van der Waals surface area contributed by atoms with Crippen molar-refractivity contribution in [3.05, 3.63) is 96.1 Å². The third-order valence-electron chi connectivity index (χ3n) is 6.33. The Kier molecular flexibility index (Phi) is 7.86. The maximum Gasteiger partial charge on any atom is 0.316 e. The summed E-state index contributed by atoms with van der Waals surface area (Å²) in [6, 6.07) is 24.8. The Balaban J connectivity index is 1.46. The number of benzene rings is 3. The molecule has 1 fully saturated rings. The first-order chi connectivity index (χ1) is 17.3. The van der Waals surface area contributed by atoms with Crippen LogP contribution < -0.4 is 5.32 Å². The van der Waals surface area contributed by atoms with Crippen LogP contribution in [-0.4, -0.2) is 44.3 Å². The molecule has 4 rings (SSSR count). The number of amides is 1. The Hall–Kier alpha value is -3.49. The number of rotatable bonds is 11. The van der Waals surface area contributed by atoms with Gasteiger partial charge in [0.05, 0.1) is 23.5 Å². The lowest BCUT2D eigenvalue weighted by molar-refractivity contribution is -0.146. The minimum absolute atomic E-state index is 0.143. The van der Waals surface area contributed by atoms with Gasteiger partial charge in [-0.15, -0.1) is 0 Å². The molecule has 1 N–H and O–H groups in total. The lowest BCUT2D eigenvalue weighted by Gasteiger charge is -2.22. The normalized spacial score (nSPS) is 14.3. The van der Waals surface area contributed by atoms with Crippen molar-refractivity contribution in [2.45, 2.75) is 36.5 Å². The molecule has 8 heteroatoms. The van der Waals surface area contributed by atoms with Crippen LogP contribution in [0.1, 0.15) is 30.9 Å². The Morgan fingerprint density at radius 3 is 2.11 bits per heavy atom. The number of carbonyl (C=O) groups is 2. The van der Waals surface area contributed by atoms with Crippen LogP contribution in [0.2, 0.25) is 0 Å². The number of anilines is 1. The summed E-state index contributed by atoms with van der Waals surface area (Å²) in [6.07, 6.45) is 1.96. The second-order valence-electron chi connectivity index (χ2n) is 8.82. The van der Waals surface area contributed by atoms with Crippen LogP contribution in [0.15, 0.2) is 89.8 Å². The topological polar surface area (TPSA) is 92.8 Å². The van der Waals surface area contributed by atoms with Gasteiger partial charge in [0.15, 0.2) is 0 Å². The molecule has 3 aromatic carbocycles. The number of sulfonamides is 1. The van der Waals surface area contributed by atoms with Crippen molar-refractivity contribution in [1.82, 2.24) is 4.31 Å². The molecule has 0 bridgehead atoms. The summed E-state index contributed by atoms with van der Waals surface area (Å²) in [7, 11) is -3.87. The predicted molar refractivity (Wildman–Crippen MR) is 138 cm³/mol. The summed E-state index contributed by atoms with van der Waals surface area (Å²) in [5.74, 6) is -0.663. The molecular formula is C28H30N2O5S. The van der Waals surface area contributed by atoms with E-state index in [0.29, 0.717) is 18.7 Å². The molecule has 0 heterocycles. The maximum absolute atomic E-state index is 13.3. The van der Waals surface area contributed by atoms with Crippen molar-refractivity contribution < 1.29 is 22.7 Å². The van der Waals surface area contributed by atoms with Crippen LogP contribution in [0, 0.1) is 0 Å². The summed E-state index contributed by atoms with van der Waals surface area (Å²) in [4.78, 5) is 25.4. The Morgan fingerprint density at radius 1 is 0.917 bits per heavy atom. The van der Waals surface area contributed by atoms with Crippen LogP contribution >= 0.6 is 0 Å². The van der Waals surface area contributed by atoms with Crippen LogP contribution in [-0.2, 0) is 36.2 Å². The number of nitrogens with zero attached hydrogens (tertiary/aromatic N) is 1.